The van der Waals surface area contributed by atoms with E-state index in [4.69, 9.17) is 10.5 Å². The third-order valence-electron chi connectivity index (χ3n) is 5.28. The molecule has 0 atom stereocenters. The van der Waals surface area contributed by atoms with Crippen LogP contribution in [0.25, 0.3) is 21.5 Å². The maximum absolute atomic E-state index is 12.7. The molecule has 2 aromatic heterocycles. The van der Waals surface area contributed by atoms with E-state index in [2.05, 4.69) is 25.6 Å². The van der Waals surface area contributed by atoms with Crippen molar-refractivity contribution in [1.29, 1.82) is 0 Å². The highest BCUT2D eigenvalue weighted by Crippen LogP contribution is 2.30. The van der Waals surface area contributed by atoms with E-state index in [9.17, 15) is 4.79 Å². The highest BCUT2D eigenvalue weighted by atomic mass is 32.1. The van der Waals surface area contributed by atoms with Crippen LogP contribution in [-0.2, 0) is 0 Å². The van der Waals surface area contributed by atoms with Crippen LogP contribution >= 0.6 is 11.3 Å². The fraction of sp³-hybridized carbons (Fsp3) is 0.217. The van der Waals surface area contributed by atoms with Gasteiger partial charge in [0.05, 0.1) is 15.9 Å². The van der Waals surface area contributed by atoms with E-state index in [0.29, 0.717) is 10.7 Å². The van der Waals surface area contributed by atoms with Gasteiger partial charge in [0, 0.05) is 17.3 Å². The summed E-state index contributed by atoms with van der Waals surface area (Å²) in [5.41, 5.74) is 8.71. The van der Waals surface area contributed by atoms with Gasteiger partial charge in [0.1, 0.15) is 11.9 Å². The average Bonchev–Trinajstić information content (AvgIpc) is 3.21. The van der Waals surface area contributed by atoms with Crippen LogP contribution in [0.3, 0.4) is 0 Å². The summed E-state index contributed by atoms with van der Waals surface area (Å²) in [4.78, 5) is 25.4. The van der Waals surface area contributed by atoms with Crippen molar-refractivity contribution in [2.24, 2.45) is 0 Å². The zero-order valence-corrected chi connectivity index (χ0v) is 18.1. The Kier molecular flexibility index (Phi) is 5.66. The number of fused-ring (bicyclic) bond motifs is 1. The molecule has 5 rings (SSSR count). The smallest absolute Gasteiger partial charge is 0.257 e. The third kappa shape index (κ3) is 4.53. The van der Waals surface area contributed by atoms with Crippen molar-refractivity contribution in [2.45, 2.75) is 18.9 Å². The summed E-state index contributed by atoms with van der Waals surface area (Å²) in [6, 6.07) is 14.9. The lowest BCUT2D eigenvalue weighted by Gasteiger charge is -2.23. The Hall–Kier alpha value is -3.56. The van der Waals surface area contributed by atoms with Crippen LogP contribution < -0.4 is 21.1 Å². The molecule has 4 N–H and O–H groups in total. The second-order valence-corrected chi connectivity index (χ2v) is 8.58. The minimum Gasteiger partial charge on any atom is -0.490 e. The first kappa shape index (κ1) is 20.3. The number of carbonyl (C=O) groups excluding carboxylic acids is 1. The molecule has 1 aliphatic heterocycles. The molecule has 1 aliphatic rings. The monoisotopic (exact) mass is 446 g/mol. The van der Waals surface area contributed by atoms with Gasteiger partial charge in [0.15, 0.2) is 5.13 Å². The van der Waals surface area contributed by atoms with Crippen LogP contribution in [0.5, 0.6) is 5.75 Å². The largest absolute Gasteiger partial charge is 0.490 e. The molecule has 162 valence electrons. The van der Waals surface area contributed by atoms with Crippen LogP contribution in [0, 0.1) is 0 Å². The molecule has 9 heteroatoms. The van der Waals surface area contributed by atoms with Crippen LogP contribution in [-0.4, -0.2) is 40.1 Å². The lowest BCUT2D eigenvalue weighted by atomic mass is 10.1. The molecule has 0 radical (unpaired) electrons. The van der Waals surface area contributed by atoms with E-state index in [1.165, 1.54) is 11.3 Å². The Bertz CT molecular complexity index is 1250. The van der Waals surface area contributed by atoms with Gasteiger partial charge in [-0.05, 0) is 68.4 Å². The van der Waals surface area contributed by atoms with Gasteiger partial charge < -0.3 is 15.8 Å². The zero-order valence-electron chi connectivity index (χ0n) is 17.2. The summed E-state index contributed by atoms with van der Waals surface area (Å²) in [6.45, 7) is 1.95. The molecular formula is C23H22N6O2S. The van der Waals surface area contributed by atoms with Gasteiger partial charge in [-0.3, -0.25) is 10.1 Å². The third-order valence-corrected chi connectivity index (χ3v) is 6.22. The van der Waals surface area contributed by atoms with Crippen LogP contribution in [0.4, 0.5) is 11.1 Å². The van der Waals surface area contributed by atoms with Crippen molar-refractivity contribution in [1.82, 2.24) is 20.3 Å². The molecule has 32 heavy (non-hydrogen) atoms. The number of ether oxygens (including phenoxy) is 1. The van der Waals surface area contributed by atoms with Crippen LogP contribution in [0.15, 0.2) is 54.7 Å². The number of piperidine rings is 1. The fourth-order valence-electron chi connectivity index (χ4n) is 3.63. The lowest BCUT2D eigenvalue weighted by molar-refractivity contribution is 0.102. The molecule has 1 fully saturated rings. The van der Waals surface area contributed by atoms with Crippen molar-refractivity contribution < 1.29 is 9.53 Å². The van der Waals surface area contributed by atoms with E-state index in [1.807, 2.05) is 30.3 Å². The molecule has 0 bridgehead atoms. The minimum atomic E-state index is -0.207. The van der Waals surface area contributed by atoms with Gasteiger partial charge in [-0.15, -0.1) is 0 Å². The molecule has 1 saturated heterocycles. The van der Waals surface area contributed by atoms with E-state index in [-0.39, 0.29) is 18.0 Å². The molecule has 0 spiro atoms. The first-order valence-corrected chi connectivity index (χ1v) is 11.2. The second kappa shape index (κ2) is 8.89. The number of benzene rings is 2. The number of nitrogens with one attached hydrogen (secondary N) is 2. The number of aromatic nitrogens is 3. The van der Waals surface area contributed by atoms with E-state index in [0.717, 1.165) is 53.2 Å². The molecule has 3 heterocycles. The summed E-state index contributed by atoms with van der Waals surface area (Å²) in [5.74, 6) is 0.805. The molecule has 4 aromatic rings. The molecule has 8 nitrogen and oxygen atoms in total. The summed E-state index contributed by atoms with van der Waals surface area (Å²) in [6.07, 6.45) is 3.84. The van der Waals surface area contributed by atoms with Crippen molar-refractivity contribution >= 4 is 38.5 Å². The van der Waals surface area contributed by atoms with Crippen molar-refractivity contribution in [2.75, 3.05) is 24.1 Å². The highest BCUT2D eigenvalue weighted by Gasteiger charge is 2.15. The summed E-state index contributed by atoms with van der Waals surface area (Å²) in [5, 5.41) is 6.75. The molecule has 2 aromatic carbocycles. The number of hydrogen-bond acceptors (Lipinski definition) is 8. The average molecular weight is 447 g/mol. The maximum atomic E-state index is 12.7. The summed E-state index contributed by atoms with van der Waals surface area (Å²) >= 11 is 1.41. The predicted molar refractivity (Wildman–Crippen MR) is 126 cm³/mol. The molecule has 0 aliphatic carbocycles. The number of rotatable bonds is 5. The molecule has 1 amide bonds. The first-order valence-electron chi connectivity index (χ1n) is 10.4. The van der Waals surface area contributed by atoms with Gasteiger partial charge in [-0.2, -0.15) is 0 Å². The summed E-state index contributed by atoms with van der Waals surface area (Å²) in [7, 11) is 0. The predicted octanol–water partition coefficient (Wildman–Crippen LogP) is 3.72. The van der Waals surface area contributed by atoms with E-state index in [1.54, 1.807) is 24.4 Å². The molecule has 0 saturated carbocycles. The Morgan fingerprint density at radius 2 is 1.91 bits per heavy atom. The Morgan fingerprint density at radius 3 is 2.69 bits per heavy atom. The fourth-order valence-corrected chi connectivity index (χ4v) is 4.53. The van der Waals surface area contributed by atoms with Crippen molar-refractivity contribution in [3.05, 3.63) is 60.3 Å². The van der Waals surface area contributed by atoms with Crippen molar-refractivity contribution in [3.63, 3.8) is 0 Å². The van der Waals surface area contributed by atoms with Crippen LogP contribution in [0.1, 0.15) is 23.2 Å². The van der Waals surface area contributed by atoms with Gasteiger partial charge in [-0.25, -0.2) is 15.0 Å². The number of carbonyl (C=O) groups is 1. The van der Waals surface area contributed by atoms with E-state index < -0.39 is 0 Å². The second-order valence-electron chi connectivity index (χ2n) is 7.55. The van der Waals surface area contributed by atoms with Crippen molar-refractivity contribution in [3.8, 4) is 17.0 Å². The number of nitrogens with two attached hydrogens (primary N) is 1. The Morgan fingerprint density at radius 1 is 1.09 bits per heavy atom. The normalized spacial score (nSPS) is 14.4. The quantitative estimate of drug-likeness (QED) is 0.428. The van der Waals surface area contributed by atoms with Gasteiger partial charge in [0.25, 0.3) is 5.91 Å². The molecular weight excluding hydrogens is 424 g/mol. The highest BCUT2D eigenvalue weighted by molar-refractivity contribution is 7.22. The summed E-state index contributed by atoms with van der Waals surface area (Å²) < 4.78 is 6.95. The topological polar surface area (TPSA) is 115 Å². The number of hydrogen-bond donors (Lipinski definition) is 3. The molecule has 0 unspecified atom stereocenters. The minimum absolute atomic E-state index is 0.207. The van der Waals surface area contributed by atoms with E-state index >= 15 is 0 Å². The lowest BCUT2D eigenvalue weighted by Crippen LogP contribution is -2.34. The maximum Gasteiger partial charge on any atom is 0.257 e. The van der Waals surface area contributed by atoms with Gasteiger partial charge in [-0.1, -0.05) is 17.4 Å². The standard InChI is InChI=1S/C23H22N6O2S/c24-22-26-12-9-18(27-22)15-3-6-19-20(13-15)32-23(28-19)29-21(30)14-1-4-16(5-2-14)31-17-7-10-25-11-8-17/h1-6,9,12-13,17,25H,7-8,10-11H2,(H2,24,26,27)(H,28,29,30). The zero-order chi connectivity index (χ0) is 21.9. The SMILES string of the molecule is Nc1nccc(-c2ccc3nc(NC(=O)c4ccc(OC5CCNCC5)cc4)sc3c2)n1. The number of thiazole rings is 1. The first-order chi connectivity index (χ1) is 15.6. The van der Waals surface area contributed by atoms with Gasteiger partial charge in [0.2, 0.25) is 5.95 Å². The Balaban J connectivity index is 1.28. The number of nitrogens with zero attached hydrogens (tertiary/aromatic N) is 3. The number of nitrogen functional groups attached to an aromatic ring is 1. The van der Waals surface area contributed by atoms with Crippen LogP contribution in [0.2, 0.25) is 0 Å². The van der Waals surface area contributed by atoms with Gasteiger partial charge >= 0.3 is 0 Å². The number of amides is 1. The number of anilines is 2. The Labute approximate surface area is 188 Å².